The van der Waals surface area contributed by atoms with Gasteiger partial charge in [-0.2, -0.15) is 0 Å². The van der Waals surface area contributed by atoms with Gasteiger partial charge in [0.2, 0.25) is 11.8 Å². The summed E-state index contributed by atoms with van der Waals surface area (Å²) in [6.07, 6.45) is 0.439. The summed E-state index contributed by atoms with van der Waals surface area (Å²) in [5, 5.41) is 5.35. The molecule has 2 amide bonds. The molecule has 5 heteroatoms. The molecule has 1 rings (SSSR count). The van der Waals surface area contributed by atoms with E-state index in [4.69, 9.17) is 4.74 Å². The molecule has 0 aliphatic heterocycles. The van der Waals surface area contributed by atoms with Gasteiger partial charge in [0.25, 0.3) is 0 Å². The molecule has 0 aliphatic rings. The SMILES string of the molecule is CC(C)CC(=O)NCC(=O)Nc1ccccc1OC(C)C. The van der Waals surface area contributed by atoms with Gasteiger partial charge < -0.3 is 15.4 Å². The maximum atomic E-state index is 11.9. The topological polar surface area (TPSA) is 67.4 Å². The molecule has 0 aromatic heterocycles. The van der Waals surface area contributed by atoms with Crippen LogP contribution in [0.1, 0.15) is 34.1 Å². The van der Waals surface area contributed by atoms with E-state index in [-0.39, 0.29) is 30.4 Å². The predicted octanol–water partition coefficient (Wildman–Crippen LogP) is 2.57. The van der Waals surface area contributed by atoms with Gasteiger partial charge in [-0.3, -0.25) is 9.59 Å². The molecular weight excluding hydrogens is 268 g/mol. The Morgan fingerprint density at radius 2 is 1.76 bits per heavy atom. The van der Waals surface area contributed by atoms with E-state index in [0.29, 0.717) is 17.9 Å². The fraction of sp³-hybridized carbons (Fsp3) is 0.500. The molecule has 0 saturated heterocycles. The summed E-state index contributed by atoms with van der Waals surface area (Å²) in [6, 6.07) is 7.23. The van der Waals surface area contributed by atoms with E-state index in [9.17, 15) is 9.59 Å². The monoisotopic (exact) mass is 292 g/mol. The first-order valence-corrected chi connectivity index (χ1v) is 7.20. The Morgan fingerprint density at radius 3 is 2.38 bits per heavy atom. The second kappa shape index (κ2) is 8.29. The van der Waals surface area contributed by atoms with E-state index in [2.05, 4.69) is 10.6 Å². The molecule has 0 bridgehead atoms. The van der Waals surface area contributed by atoms with Gasteiger partial charge in [0, 0.05) is 6.42 Å². The molecule has 0 saturated carbocycles. The van der Waals surface area contributed by atoms with E-state index in [1.165, 1.54) is 0 Å². The first kappa shape index (κ1) is 17.0. The number of ether oxygens (including phenoxy) is 1. The van der Waals surface area contributed by atoms with Gasteiger partial charge in [0.05, 0.1) is 18.3 Å². The van der Waals surface area contributed by atoms with Crippen molar-refractivity contribution in [2.45, 2.75) is 40.2 Å². The van der Waals surface area contributed by atoms with Crippen molar-refractivity contribution in [3.63, 3.8) is 0 Å². The summed E-state index contributed by atoms with van der Waals surface area (Å²) in [7, 11) is 0. The minimum Gasteiger partial charge on any atom is -0.489 e. The summed E-state index contributed by atoms with van der Waals surface area (Å²) >= 11 is 0. The predicted molar refractivity (Wildman–Crippen MR) is 83.3 cm³/mol. The van der Waals surface area contributed by atoms with E-state index < -0.39 is 0 Å². The summed E-state index contributed by atoms with van der Waals surface area (Å²) in [6.45, 7) is 7.72. The first-order chi connectivity index (χ1) is 9.88. The van der Waals surface area contributed by atoms with Gasteiger partial charge in [-0.05, 0) is 31.9 Å². The Bertz CT molecular complexity index is 484. The van der Waals surface area contributed by atoms with Crippen LogP contribution in [0, 0.1) is 5.92 Å². The maximum absolute atomic E-state index is 11.9. The van der Waals surface area contributed by atoms with Crippen LogP contribution in [0.5, 0.6) is 5.75 Å². The van der Waals surface area contributed by atoms with E-state index in [0.717, 1.165) is 0 Å². The molecule has 0 atom stereocenters. The lowest BCUT2D eigenvalue weighted by molar-refractivity contribution is -0.124. The highest BCUT2D eigenvalue weighted by Gasteiger charge is 2.10. The number of anilines is 1. The van der Waals surface area contributed by atoms with Crippen LogP contribution in [0.25, 0.3) is 0 Å². The van der Waals surface area contributed by atoms with Gasteiger partial charge in [0.15, 0.2) is 0 Å². The molecule has 0 fully saturated rings. The van der Waals surface area contributed by atoms with Crippen molar-refractivity contribution >= 4 is 17.5 Å². The quantitative estimate of drug-likeness (QED) is 0.811. The number of para-hydroxylation sites is 2. The molecular formula is C16H24N2O3. The second-order valence-electron chi connectivity index (χ2n) is 5.59. The van der Waals surface area contributed by atoms with Crippen molar-refractivity contribution in [1.82, 2.24) is 5.32 Å². The molecule has 0 radical (unpaired) electrons. The Labute approximate surface area is 126 Å². The third kappa shape index (κ3) is 6.79. The van der Waals surface area contributed by atoms with Gasteiger partial charge in [-0.15, -0.1) is 0 Å². The largest absolute Gasteiger partial charge is 0.489 e. The summed E-state index contributed by atoms with van der Waals surface area (Å²) in [4.78, 5) is 23.4. The lowest BCUT2D eigenvalue weighted by Gasteiger charge is -2.15. The fourth-order valence-corrected chi connectivity index (χ4v) is 1.74. The van der Waals surface area contributed by atoms with Crippen LogP contribution >= 0.6 is 0 Å². The standard InChI is InChI=1S/C16H24N2O3/c1-11(2)9-15(19)17-10-16(20)18-13-7-5-6-8-14(13)21-12(3)4/h5-8,11-12H,9-10H2,1-4H3,(H,17,19)(H,18,20). The van der Waals surface area contributed by atoms with E-state index in [1.54, 1.807) is 12.1 Å². The van der Waals surface area contributed by atoms with Crippen LogP contribution in [-0.4, -0.2) is 24.5 Å². The van der Waals surface area contributed by atoms with E-state index >= 15 is 0 Å². The summed E-state index contributed by atoms with van der Waals surface area (Å²) < 4.78 is 5.62. The van der Waals surface area contributed by atoms with Crippen LogP contribution < -0.4 is 15.4 Å². The van der Waals surface area contributed by atoms with Gasteiger partial charge in [-0.25, -0.2) is 0 Å². The molecule has 1 aromatic carbocycles. The highest BCUT2D eigenvalue weighted by atomic mass is 16.5. The molecule has 0 unspecified atom stereocenters. The Hall–Kier alpha value is -2.04. The minimum atomic E-state index is -0.271. The average Bonchev–Trinajstić information content (AvgIpc) is 2.37. The molecule has 2 N–H and O–H groups in total. The molecule has 116 valence electrons. The highest BCUT2D eigenvalue weighted by molar-refractivity contribution is 5.95. The molecule has 1 aromatic rings. The normalized spacial score (nSPS) is 10.6. The molecule has 5 nitrogen and oxygen atoms in total. The van der Waals surface area contributed by atoms with Gasteiger partial charge >= 0.3 is 0 Å². The Morgan fingerprint density at radius 1 is 1.10 bits per heavy atom. The first-order valence-electron chi connectivity index (χ1n) is 7.20. The van der Waals surface area contributed by atoms with Gasteiger partial charge in [-0.1, -0.05) is 26.0 Å². The van der Waals surface area contributed by atoms with Crippen LogP contribution in [0.15, 0.2) is 24.3 Å². The zero-order valence-electron chi connectivity index (χ0n) is 13.1. The van der Waals surface area contributed by atoms with Crippen molar-refractivity contribution in [2.24, 2.45) is 5.92 Å². The molecule has 21 heavy (non-hydrogen) atoms. The third-order valence-corrected chi connectivity index (χ3v) is 2.56. The fourth-order valence-electron chi connectivity index (χ4n) is 1.74. The average molecular weight is 292 g/mol. The number of carbonyl (C=O) groups excluding carboxylic acids is 2. The smallest absolute Gasteiger partial charge is 0.243 e. The van der Waals surface area contributed by atoms with Crippen molar-refractivity contribution < 1.29 is 14.3 Å². The maximum Gasteiger partial charge on any atom is 0.243 e. The van der Waals surface area contributed by atoms with Crippen LogP contribution in [0.4, 0.5) is 5.69 Å². The van der Waals surface area contributed by atoms with E-state index in [1.807, 2.05) is 39.8 Å². The van der Waals surface area contributed by atoms with Gasteiger partial charge in [0.1, 0.15) is 5.75 Å². The molecule has 0 heterocycles. The van der Waals surface area contributed by atoms with Crippen molar-refractivity contribution in [3.05, 3.63) is 24.3 Å². The highest BCUT2D eigenvalue weighted by Crippen LogP contribution is 2.24. The Balaban J connectivity index is 2.53. The number of amides is 2. The zero-order valence-corrected chi connectivity index (χ0v) is 13.1. The van der Waals surface area contributed by atoms with Crippen molar-refractivity contribution in [3.8, 4) is 5.75 Å². The number of benzene rings is 1. The molecule has 0 spiro atoms. The van der Waals surface area contributed by atoms with Crippen molar-refractivity contribution in [2.75, 3.05) is 11.9 Å². The number of rotatable bonds is 7. The zero-order chi connectivity index (χ0) is 15.8. The second-order valence-corrected chi connectivity index (χ2v) is 5.59. The van der Waals surface area contributed by atoms with Crippen molar-refractivity contribution in [1.29, 1.82) is 0 Å². The third-order valence-electron chi connectivity index (χ3n) is 2.56. The van der Waals surface area contributed by atoms with Crippen LogP contribution in [0.2, 0.25) is 0 Å². The number of nitrogens with one attached hydrogen (secondary N) is 2. The Kier molecular flexibility index (Phi) is 6.72. The summed E-state index contributed by atoms with van der Waals surface area (Å²) in [5.41, 5.74) is 0.606. The number of hydrogen-bond acceptors (Lipinski definition) is 3. The minimum absolute atomic E-state index is 0.0220. The number of hydrogen-bond donors (Lipinski definition) is 2. The molecule has 0 aliphatic carbocycles. The summed E-state index contributed by atoms with van der Waals surface area (Å²) in [5.74, 6) is 0.501. The lowest BCUT2D eigenvalue weighted by Crippen LogP contribution is -2.33. The van der Waals surface area contributed by atoms with Crippen LogP contribution in [-0.2, 0) is 9.59 Å². The number of carbonyl (C=O) groups is 2. The lowest BCUT2D eigenvalue weighted by atomic mass is 10.1. The van der Waals surface area contributed by atoms with Crippen LogP contribution in [0.3, 0.4) is 0 Å².